The third kappa shape index (κ3) is 4.14. The number of rotatable bonds is 6. The summed E-state index contributed by atoms with van der Waals surface area (Å²) < 4.78 is 10.9. The van der Waals surface area contributed by atoms with Crippen molar-refractivity contribution in [2.24, 2.45) is 5.84 Å². The van der Waals surface area contributed by atoms with E-state index in [0.29, 0.717) is 12.6 Å². The van der Waals surface area contributed by atoms with E-state index in [-0.39, 0.29) is 12.5 Å². The van der Waals surface area contributed by atoms with Gasteiger partial charge in [-0.3, -0.25) is 11.2 Å². The van der Waals surface area contributed by atoms with Gasteiger partial charge in [0, 0.05) is 18.2 Å². The molecule has 1 aliphatic rings. The maximum absolute atomic E-state index is 5.89. The summed E-state index contributed by atoms with van der Waals surface area (Å²) in [6.45, 7) is 0.659. The first-order valence-electron chi connectivity index (χ1n) is 6.35. The summed E-state index contributed by atoms with van der Waals surface area (Å²) in [5.74, 6) is 5.31. The SMILES string of the molecule is COC(CC[C@H]1COC(NN)N1)c1ccc(Cl)cc1. The zero-order chi connectivity index (χ0) is 13.7. The molecule has 0 amide bonds. The molecule has 1 aliphatic heterocycles. The summed E-state index contributed by atoms with van der Waals surface area (Å²) in [5.41, 5.74) is 3.69. The van der Waals surface area contributed by atoms with Crippen molar-refractivity contribution < 1.29 is 9.47 Å². The molecule has 106 valence electrons. The number of benzene rings is 1. The summed E-state index contributed by atoms with van der Waals surface area (Å²) >= 11 is 5.89. The Balaban J connectivity index is 1.84. The Labute approximate surface area is 118 Å². The van der Waals surface area contributed by atoms with Crippen LogP contribution in [-0.2, 0) is 9.47 Å². The number of hydrogen-bond acceptors (Lipinski definition) is 5. The molecule has 0 aromatic heterocycles. The summed E-state index contributed by atoms with van der Waals surface area (Å²) in [5, 5.41) is 3.98. The van der Waals surface area contributed by atoms with Crippen LogP contribution in [-0.4, -0.2) is 26.1 Å². The zero-order valence-corrected chi connectivity index (χ0v) is 11.7. The van der Waals surface area contributed by atoms with Crippen molar-refractivity contribution in [2.75, 3.05) is 13.7 Å². The average molecular weight is 286 g/mol. The molecule has 1 saturated heterocycles. The van der Waals surface area contributed by atoms with E-state index in [0.717, 1.165) is 23.4 Å². The number of methoxy groups -OCH3 is 1. The molecule has 5 nitrogen and oxygen atoms in total. The van der Waals surface area contributed by atoms with Crippen LogP contribution < -0.4 is 16.6 Å². The Kier molecular flexibility index (Phi) is 5.57. The zero-order valence-electron chi connectivity index (χ0n) is 10.9. The van der Waals surface area contributed by atoms with E-state index in [4.69, 9.17) is 26.9 Å². The Morgan fingerprint density at radius 1 is 1.53 bits per heavy atom. The highest BCUT2D eigenvalue weighted by atomic mass is 35.5. The second-order valence-corrected chi connectivity index (χ2v) is 5.03. The molecule has 19 heavy (non-hydrogen) atoms. The summed E-state index contributed by atoms with van der Waals surface area (Å²) in [7, 11) is 1.72. The van der Waals surface area contributed by atoms with Gasteiger partial charge < -0.3 is 9.47 Å². The van der Waals surface area contributed by atoms with Gasteiger partial charge in [0.15, 0.2) is 6.35 Å². The molecule has 1 aromatic rings. The van der Waals surface area contributed by atoms with E-state index in [1.807, 2.05) is 24.3 Å². The minimum Gasteiger partial charge on any atom is -0.377 e. The lowest BCUT2D eigenvalue weighted by molar-refractivity contribution is 0.0723. The maximum atomic E-state index is 5.89. The fraction of sp³-hybridized carbons (Fsp3) is 0.538. The van der Waals surface area contributed by atoms with Gasteiger partial charge >= 0.3 is 0 Å². The van der Waals surface area contributed by atoms with Crippen molar-refractivity contribution in [3.63, 3.8) is 0 Å². The molecule has 6 heteroatoms. The molecule has 4 N–H and O–H groups in total. The predicted molar refractivity (Wildman–Crippen MR) is 74.4 cm³/mol. The summed E-state index contributed by atoms with van der Waals surface area (Å²) in [4.78, 5) is 0. The topological polar surface area (TPSA) is 68.5 Å². The number of hydrazine groups is 1. The molecule has 2 unspecified atom stereocenters. The van der Waals surface area contributed by atoms with Crippen LogP contribution in [0.5, 0.6) is 0 Å². The van der Waals surface area contributed by atoms with Crippen molar-refractivity contribution in [3.8, 4) is 0 Å². The fourth-order valence-corrected chi connectivity index (χ4v) is 2.36. The Hall–Kier alpha value is -0.690. The van der Waals surface area contributed by atoms with Crippen LogP contribution in [0, 0.1) is 0 Å². The molecular formula is C13H20ClN3O2. The van der Waals surface area contributed by atoms with Gasteiger partial charge in [-0.25, -0.2) is 5.43 Å². The minimum atomic E-state index is -0.249. The number of nitrogens with two attached hydrogens (primary N) is 1. The largest absolute Gasteiger partial charge is 0.377 e. The normalized spacial score (nSPS) is 24.6. The third-order valence-electron chi connectivity index (χ3n) is 3.31. The van der Waals surface area contributed by atoms with Crippen molar-refractivity contribution >= 4 is 11.6 Å². The van der Waals surface area contributed by atoms with Gasteiger partial charge in [-0.2, -0.15) is 0 Å². The van der Waals surface area contributed by atoms with Crippen LogP contribution in [0.15, 0.2) is 24.3 Å². The molecule has 1 aromatic carbocycles. The lowest BCUT2D eigenvalue weighted by Crippen LogP contribution is -2.45. The minimum absolute atomic E-state index is 0.0731. The predicted octanol–water partition coefficient (Wildman–Crippen LogP) is 1.54. The molecule has 0 bridgehead atoms. The molecule has 3 atom stereocenters. The highest BCUT2D eigenvalue weighted by Crippen LogP contribution is 2.24. The Morgan fingerprint density at radius 3 is 2.84 bits per heavy atom. The van der Waals surface area contributed by atoms with Crippen LogP contribution in [0.4, 0.5) is 0 Å². The molecule has 0 spiro atoms. The maximum Gasteiger partial charge on any atom is 0.176 e. The van der Waals surface area contributed by atoms with Crippen molar-refractivity contribution in [1.82, 2.24) is 10.7 Å². The smallest absolute Gasteiger partial charge is 0.176 e. The number of hydrogen-bond donors (Lipinski definition) is 3. The quantitative estimate of drug-likeness (QED) is 0.546. The lowest BCUT2D eigenvalue weighted by atomic mass is 10.0. The first-order valence-corrected chi connectivity index (χ1v) is 6.72. The van der Waals surface area contributed by atoms with Gasteiger partial charge in [0.2, 0.25) is 0 Å². The van der Waals surface area contributed by atoms with Gasteiger partial charge in [0.25, 0.3) is 0 Å². The second kappa shape index (κ2) is 7.19. The van der Waals surface area contributed by atoms with Crippen molar-refractivity contribution in [2.45, 2.75) is 31.3 Å². The Morgan fingerprint density at radius 2 is 2.26 bits per heavy atom. The third-order valence-corrected chi connectivity index (χ3v) is 3.56. The summed E-state index contributed by atoms with van der Waals surface area (Å²) in [6, 6.07) is 8.06. The highest BCUT2D eigenvalue weighted by Gasteiger charge is 2.24. The highest BCUT2D eigenvalue weighted by molar-refractivity contribution is 6.30. The van der Waals surface area contributed by atoms with Crippen molar-refractivity contribution in [1.29, 1.82) is 0 Å². The van der Waals surface area contributed by atoms with E-state index < -0.39 is 0 Å². The molecule has 1 heterocycles. The van der Waals surface area contributed by atoms with Gasteiger partial charge in [-0.05, 0) is 30.5 Å². The van der Waals surface area contributed by atoms with Crippen LogP contribution in [0.25, 0.3) is 0 Å². The van der Waals surface area contributed by atoms with Crippen molar-refractivity contribution in [3.05, 3.63) is 34.9 Å². The van der Waals surface area contributed by atoms with Gasteiger partial charge in [-0.1, -0.05) is 23.7 Å². The fourth-order valence-electron chi connectivity index (χ4n) is 2.24. The van der Waals surface area contributed by atoms with Crippen LogP contribution in [0.1, 0.15) is 24.5 Å². The number of ether oxygens (including phenoxy) is 2. The first-order chi connectivity index (χ1) is 9.22. The molecule has 1 fully saturated rings. The van der Waals surface area contributed by atoms with Crippen LogP contribution >= 0.6 is 11.6 Å². The van der Waals surface area contributed by atoms with Gasteiger partial charge in [0.05, 0.1) is 12.7 Å². The number of nitrogens with one attached hydrogen (secondary N) is 2. The first kappa shape index (κ1) is 14.7. The van der Waals surface area contributed by atoms with E-state index in [9.17, 15) is 0 Å². The lowest BCUT2D eigenvalue weighted by Gasteiger charge is -2.18. The monoisotopic (exact) mass is 285 g/mol. The van der Waals surface area contributed by atoms with E-state index >= 15 is 0 Å². The standard InChI is InChI=1S/C13H20ClN3O2/c1-18-12(9-2-4-10(14)5-3-9)7-6-11-8-19-13(16-11)17-15/h2-5,11-13,16-17H,6-8,15H2,1H3/t11-,12?,13?/m0/s1. The summed E-state index contributed by atoms with van der Waals surface area (Å²) in [6.07, 6.45) is 1.70. The van der Waals surface area contributed by atoms with E-state index in [1.54, 1.807) is 7.11 Å². The molecule has 0 radical (unpaired) electrons. The van der Waals surface area contributed by atoms with Gasteiger partial charge in [-0.15, -0.1) is 0 Å². The average Bonchev–Trinajstić information content (AvgIpc) is 2.89. The molecule has 2 rings (SSSR count). The van der Waals surface area contributed by atoms with Crippen LogP contribution in [0.3, 0.4) is 0 Å². The Bertz CT molecular complexity index is 388. The van der Waals surface area contributed by atoms with E-state index in [1.165, 1.54) is 0 Å². The van der Waals surface area contributed by atoms with E-state index in [2.05, 4.69) is 10.7 Å². The molecule has 0 saturated carbocycles. The molecule has 0 aliphatic carbocycles. The van der Waals surface area contributed by atoms with Gasteiger partial charge in [0.1, 0.15) is 0 Å². The molecular weight excluding hydrogens is 266 g/mol. The van der Waals surface area contributed by atoms with Crippen LogP contribution in [0.2, 0.25) is 5.02 Å². The number of halogens is 1. The second-order valence-electron chi connectivity index (χ2n) is 4.60.